The van der Waals surface area contributed by atoms with E-state index in [9.17, 15) is 9.59 Å². The zero-order chi connectivity index (χ0) is 26.8. The van der Waals surface area contributed by atoms with E-state index in [-0.39, 0.29) is 24.5 Å². The summed E-state index contributed by atoms with van der Waals surface area (Å²) in [6.45, 7) is 2.75. The molecule has 2 atom stereocenters. The van der Waals surface area contributed by atoms with E-state index < -0.39 is 12.1 Å². The summed E-state index contributed by atoms with van der Waals surface area (Å²) in [5, 5.41) is 2.84. The minimum absolute atomic E-state index is 0.0281. The van der Waals surface area contributed by atoms with Crippen molar-refractivity contribution in [1.29, 1.82) is 0 Å². The maximum Gasteiger partial charge on any atom is 0.407 e. The smallest absolute Gasteiger partial charge is 0.407 e. The molecule has 0 unspecified atom stereocenters. The van der Waals surface area contributed by atoms with Crippen LogP contribution in [-0.4, -0.2) is 46.1 Å². The second-order valence-corrected chi connectivity index (χ2v) is 10.2. The Morgan fingerprint density at radius 2 is 1.67 bits per heavy atom. The van der Waals surface area contributed by atoms with Gasteiger partial charge < -0.3 is 19.9 Å². The number of hydrogen-bond acceptors (Lipinski definition) is 4. The fourth-order valence-electron chi connectivity index (χ4n) is 5.91. The molecule has 7 heteroatoms. The van der Waals surface area contributed by atoms with Gasteiger partial charge in [-0.3, -0.25) is 4.79 Å². The van der Waals surface area contributed by atoms with Crippen LogP contribution in [-0.2, 0) is 9.53 Å². The third kappa shape index (κ3) is 4.80. The van der Waals surface area contributed by atoms with E-state index in [0.717, 1.165) is 41.1 Å². The van der Waals surface area contributed by atoms with Gasteiger partial charge in [0.25, 0.3) is 0 Å². The number of rotatable bonds is 7. The van der Waals surface area contributed by atoms with Crippen LogP contribution in [0, 0.1) is 0 Å². The molecule has 0 spiro atoms. The van der Waals surface area contributed by atoms with Crippen LogP contribution in [0.5, 0.6) is 0 Å². The number of likely N-dealkylation sites (tertiary alicyclic amines) is 1. The standard InChI is InChI=1S/C32H32N4O3/c1-2-27(31(37)36-18-10-17-29(36)30-33-19-28(34-30)21-11-4-3-5-12-21)35-32(38)39-20-26-24-15-8-6-13-22(24)23-14-7-9-16-25(23)26/h3-9,11-16,19,26-27,29H,2,10,17-18,20H2,1H3,(H,33,34)(H,35,38)/t27-,29-/m0/s1. The van der Waals surface area contributed by atoms with E-state index in [0.29, 0.717) is 13.0 Å². The molecule has 7 nitrogen and oxygen atoms in total. The van der Waals surface area contributed by atoms with E-state index >= 15 is 0 Å². The lowest BCUT2D eigenvalue weighted by molar-refractivity contribution is -0.134. The van der Waals surface area contributed by atoms with Crippen LogP contribution >= 0.6 is 0 Å². The molecule has 0 radical (unpaired) electrons. The minimum atomic E-state index is -0.662. The third-order valence-electron chi connectivity index (χ3n) is 7.87. The summed E-state index contributed by atoms with van der Waals surface area (Å²) in [7, 11) is 0. The first-order valence-corrected chi connectivity index (χ1v) is 13.7. The number of hydrogen-bond donors (Lipinski definition) is 2. The molecule has 6 rings (SSSR count). The van der Waals surface area contributed by atoms with Crippen LogP contribution in [0.3, 0.4) is 0 Å². The van der Waals surface area contributed by atoms with E-state index in [2.05, 4.69) is 39.6 Å². The predicted molar refractivity (Wildman–Crippen MR) is 150 cm³/mol. The number of ether oxygens (including phenoxy) is 1. The maximum atomic E-state index is 13.6. The number of H-pyrrole nitrogens is 1. The number of amides is 2. The van der Waals surface area contributed by atoms with Crippen LogP contribution in [0.4, 0.5) is 4.79 Å². The van der Waals surface area contributed by atoms with Gasteiger partial charge in [0, 0.05) is 12.5 Å². The number of nitrogens with one attached hydrogen (secondary N) is 2. The Hall–Kier alpha value is -4.39. The van der Waals surface area contributed by atoms with Gasteiger partial charge in [-0.1, -0.05) is 85.8 Å². The summed E-state index contributed by atoms with van der Waals surface area (Å²) < 4.78 is 5.71. The molecule has 1 aliphatic heterocycles. The van der Waals surface area contributed by atoms with Crippen molar-refractivity contribution in [2.75, 3.05) is 13.2 Å². The number of nitrogens with zero attached hydrogens (tertiary/aromatic N) is 2. The van der Waals surface area contributed by atoms with Crippen molar-refractivity contribution in [2.24, 2.45) is 0 Å². The van der Waals surface area contributed by atoms with E-state index in [1.807, 2.05) is 72.6 Å². The van der Waals surface area contributed by atoms with Crippen molar-refractivity contribution in [2.45, 2.75) is 44.2 Å². The Kier molecular flexibility index (Phi) is 6.88. The van der Waals surface area contributed by atoms with Crippen LogP contribution < -0.4 is 5.32 Å². The normalized spacial score (nSPS) is 16.9. The molecule has 2 heterocycles. The zero-order valence-corrected chi connectivity index (χ0v) is 22.0. The number of benzene rings is 3. The molecular formula is C32H32N4O3. The fourth-order valence-corrected chi connectivity index (χ4v) is 5.91. The Morgan fingerprint density at radius 3 is 2.36 bits per heavy atom. The monoisotopic (exact) mass is 520 g/mol. The summed E-state index contributed by atoms with van der Waals surface area (Å²) in [4.78, 5) is 36.3. The molecular weight excluding hydrogens is 488 g/mol. The molecule has 0 bridgehead atoms. The number of carbonyl (C=O) groups excluding carboxylic acids is 2. The highest BCUT2D eigenvalue weighted by atomic mass is 16.5. The van der Waals surface area contributed by atoms with Crippen LogP contribution in [0.2, 0.25) is 0 Å². The Balaban J connectivity index is 1.11. The van der Waals surface area contributed by atoms with Crippen molar-refractivity contribution >= 4 is 12.0 Å². The Bertz CT molecular complexity index is 1440. The molecule has 198 valence electrons. The quantitative estimate of drug-likeness (QED) is 0.310. The number of aromatic nitrogens is 2. The summed E-state index contributed by atoms with van der Waals surface area (Å²) in [6.07, 6.45) is 3.43. The first kappa shape index (κ1) is 24.9. The SMILES string of the molecule is CC[C@H](NC(=O)OCC1c2ccccc2-c2ccccc21)C(=O)N1CCC[C@H]1c1ncc(-c2ccccc2)[nH]1. The highest BCUT2D eigenvalue weighted by Gasteiger charge is 2.36. The predicted octanol–water partition coefficient (Wildman–Crippen LogP) is 6.06. The van der Waals surface area contributed by atoms with Crippen molar-refractivity contribution in [1.82, 2.24) is 20.2 Å². The first-order chi connectivity index (χ1) is 19.1. The molecule has 2 N–H and O–H groups in total. The summed E-state index contributed by atoms with van der Waals surface area (Å²) >= 11 is 0. The van der Waals surface area contributed by atoms with Crippen LogP contribution in [0.1, 0.15) is 55.1 Å². The molecule has 2 amide bonds. The van der Waals surface area contributed by atoms with Gasteiger partial charge in [-0.2, -0.15) is 0 Å². The van der Waals surface area contributed by atoms with Gasteiger partial charge in [0.1, 0.15) is 18.5 Å². The molecule has 1 aromatic heterocycles. The maximum absolute atomic E-state index is 13.6. The second-order valence-electron chi connectivity index (χ2n) is 10.2. The highest BCUT2D eigenvalue weighted by Crippen LogP contribution is 2.44. The van der Waals surface area contributed by atoms with Gasteiger partial charge in [0.15, 0.2) is 0 Å². The number of imidazole rings is 1. The average molecular weight is 521 g/mol. The van der Waals surface area contributed by atoms with Gasteiger partial charge in [-0.25, -0.2) is 9.78 Å². The summed E-state index contributed by atoms with van der Waals surface area (Å²) in [5.74, 6) is 0.640. The number of aromatic amines is 1. The van der Waals surface area contributed by atoms with Crippen molar-refractivity contribution in [3.05, 3.63) is 102 Å². The van der Waals surface area contributed by atoms with E-state index in [1.54, 1.807) is 0 Å². The topological polar surface area (TPSA) is 87.3 Å². The zero-order valence-electron chi connectivity index (χ0n) is 22.0. The van der Waals surface area contributed by atoms with Gasteiger partial charge in [0.2, 0.25) is 5.91 Å². The largest absolute Gasteiger partial charge is 0.449 e. The summed E-state index contributed by atoms with van der Waals surface area (Å²) in [6, 6.07) is 25.7. The van der Waals surface area contributed by atoms with Gasteiger partial charge in [-0.15, -0.1) is 0 Å². The number of carbonyl (C=O) groups is 2. The molecule has 3 aromatic carbocycles. The van der Waals surface area contributed by atoms with Gasteiger partial charge in [-0.05, 0) is 47.1 Å². The second kappa shape index (κ2) is 10.8. The molecule has 1 saturated heterocycles. The van der Waals surface area contributed by atoms with E-state index in [4.69, 9.17) is 4.74 Å². The number of fused-ring (bicyclic) bond motifs is 3. The van der Waals surface area contributed by atoms with Crippen molar-refractivity contribution < 1.29 is 14.3 Å². The van der Waals surface area contributed by atoms with Crippen molar-refractivity contribution in [3.8, 4) is 22.4 Å². The average Bonchev–Trinajstić information content (AvgIpc) is 3.73. The lowest BCUT2D eigenvalue weighted by Gasteiger charge is -2.28. The lowest BCUT2D eigenvalue weighted by Crippen LogP contribution is -2.48. The van der Waals surface area contributed by atoms with Crippen molar-refractivity contribution in [3.63, 3.8) is 0 Å². The highest BCUT2D eigenvalue weighted by molar-refractivity contribution is 5.86. The van der Waals surface area contributed by atoms with Crippen LogP contribution in [0.15, 0.2) is 85.1 Å². The van der Waals surface area contributed by atoms with Crippen LogP contribution in [0.25, 0.3) is 22.4 Å². The molecule has 39 heavy (non-hydrogen) atoms. The molecule has 4 aromatic rings. The summed E-state index contributed by atoms with van der Waals surface area (Å²) in [5.41, 5.74) is 6.64. The van der Waals surface area contributed by atoms with Gasteiger partial charge >= 0.3 is 6.09 Å². The molecule has 0 saturated carbocycles. The van der Waals surface area contributed by atoms with E-state index in [1.165, 1.54) is 11.1 Å². The molecule has 1 fully saturated rings. The fraction of sp³-hybridized carbons (Fsp3) is 0.281. The molecule has 1 aliphatic carbocycles. The van der Waals surface area contributed by atoms with Gasteiger partial charge in [0.05, 0.1) is 17.9 Å². The molecule has 2 aliphatic rings. The minimum Gasteiger partial charge on any atom is -0.449 e. The lowest BCUT2D eigenvalue weighted by atomic mass is 9.98. The Morgan fingerprint density at radius 1 is 1.00 bits per heavy atom. The first-order valence-electron chi connectivity index (χ1n) is 13.7. The third-order valence-corrected chi connectivity index (χ3v) is 7.87. The Labute approximate surface area is 228 Å². The number of alkyl carbamates (subject to hydrolysis) is 1.